The zero-order valence-corrected chi connectivity index (χ0v) is 9.73. The standard InChI is InChI=1S/C11H8ClFN2S/c12-7-5-9(14)11(15-6-7)16-10-4-2-1-3-8(10)13/h1-6H,14H2. The van der Waals surface area contributed by atoms with Crippen LogP contribution in [0.4, 0.5) is 10.1 Å². The molecule has 5 heteroatoms. The second-order valence-electron chi connectivity index (χ2n) is 3.08. The molecule has 0 radical (unpaired) electrons. The van der Waals surface area contributed by atoms with Gasteiger partial charge in [-0.25, -0.2) is 9.37 Å². The molecule has 2 N–H and O–H groups in total. The highest BCUT2D eigenvalue weighted by Gasteiger charge is 2.07. The van der Waals surface area contributed by atoms with Crippen molar-refractivity contribution in [3.8, 4) is 0 Å². The smallest absolute Gasteiger partial charge is 0.137 e. The van der Waals surface area contributed by atoms with Gasteiger partial charge >= 0.3 is 0 Å². The largest absolute Gasteiger partial charge is 0.396 e. The third kappa shape index (κ3) is 2.46. The number of nitrogens with two attached hydrogens (primary N) is 1. The molecule has 2 nitrogen and oxygen atoms in total. The maximum atomic E-state index is 13.4. The fraction of sp³-hybridized carbons (Fsp3) is 0. The van der Waals surface area contributed by atoms with Crippen LogP contribution in [0.5, 0.6) is 0 Å². The summed E-state index contributed by atoms with van der Waals surface area (Å²) in [6.07, 6.45) is 1.49. The predicted octanol–water partition coefficient (Wildman–Crippen LogP) is 3.61. The summed E-state index contributed by atoms with van der Waals surface area (Å²) in [4.78, 5) is 4.54. The van der Waals surface area contributed by atoms with E-state index in [1.54, 1.807) is 24.3 Å². The minimum atomic E-state index is -0.288. The number of hydrogen-bond acceptors (Lipinski definition) is 3. The highest BCUT2D eigenvalue weighted by atomic mass is 35.5. The molecule has 0 aliphatic rings. The molecule has 0 amide bonds. The number of anilines is 1. The van der Waals surface area contributed by atoms with Crippen LogP contribution < -0.4 is 5.73 Å². The molecule has 0 atom stereocenters. The Labute approximate surface area is 102 Å². The molecule has 2 rings (SSSR count). The van der Waals surface area contributed by atoms with Crippen LogP contribution in [0.3, 0.4) is 0 Å². The fourth-order valence-corrected chi connectivity index (χ4v) is 2.13. The van der Waals surface area contributed by atoms with Gasteiger partial charge in [-0.05, 0) is 18.2 Å². The zero-order chi connectivity index (χ0) is 11.5. The summed E-state index contributed by atoms with van der Waals surface area (Å²) in [5.74, 6) is -0.288. The number of nitrogens with zero attached hydrogens (tertiary/aromatic N) is 1. The van der Waals surface area contributed by atoms with E-state index < -0.39 is 0 Å². The predicted molar refractivity (Wildman–Crippen MR) is 64.2 cm³/mol. The molecule has 1 aromatic heterocycles. The average molecular weight is 255 g/mol. The Bertz CT molecular complexity index is 519. The van der Waals surface area contributed by atoms with Crippen molar-refractivity contribution >= 4 is 29.1 Å². The molecule has 16 heavy (non-hydrogen) atoms. The Morgan fingerprint density at radius 2 is 2.06 bits per heavy atom. The van der Waals surface area contributed by atoms with Crippen molar-refractivity contribution in [2.75, 3.05) is 5.73 Å². The lowest BCUT2D eigenvalue weighted by molar-refractivity contribution is 0.602. The third-order valence-corrected chi connectivity index (χ3v) is 3.18. The molecular weight excluding hydrogens is 247 g/mol. The lowest BCUT2D eigenvalue weighted by Crippen LogP contribution is -1.92. The van der Waals surface area contributed by atoms with E-state index in [1.807, 2.05) is 0 Å². The van der Waals surface area contributed by atoms with Crippen LogP contribution in [0.15, 0.2) is 46.5 Å². The van der Waals surface area contributed by atoms with Crippen molar-refractivity contribution < 1.29 is 4.39 Å². The summed E-state index contributed by atoms with van der Waals surface area (Å²) in [5, 5.41) is 1.02. The number of rotatable bonds is 2. The number of pyridine rings is 1. The number of benzene rings is 1. The van der Waals surface area contributed by atoms with E-state index in [0.717, 1.165) is 0 Å². The minimum Gasteiger partial charge on any atom is -0.396 e. The van der Waals surface area contributed by atoms with E-state index in [-0.39, 0.29) is 5.82 Å². The number of aromatic nitrogens is 1. The lowest BCUT2D eigenvalue weighted by Gasteiger charge is -2.05. The fourth-order valence-electron chi connectivity index (χ4n) is 1.16. The quantitative estimate of drug-likeness (QED) is 0.890. The van der Waals surface area contributed by atoms with E-state index in [1.165, 1.54) is 24.0 Å². The maximum absolute atomic E-state index is 13.4. The first-order valence-corrected chi connectivity index (χ1v) is 5.69. The van der Waals surface area contributed by atoms with Crippen LogP contribution in [-0.4, -0.2) is 4.98 Å². The zero-order valence-electron chi connectivity index (χ0n) is 8.15. The molecule has 0 bridgehead atoms. The topological polar surface area (TPSA) is 38.9 Å². The summed E-state index contributed by atoms with van der Waals surface area (Å²) >= 11 is 6.91. The number of nitrogen functional groups attached to an aromatic ring is 1. The normalized spacial score (nSPS) is 10.4. The van der Waals surface area contributed by atoms with Gasteiger partial charge in [0.05, 0.1) is 10.7 Å². The molecule has 0 aliphatic carbocycles. The first-order chi connectivity index (χ1) is 7.66. The summed E-state index contributed by atoms with van der Waals surface area (Å²) in [6, 6.07) is 8.07. The van der Waals surface area contributed by atoms with Crippen molar-refractivity contribution in [1.82, 2.24) is 4.98 Å². The second kappa shape index (κ2) is 4.72. The van der Waals surface area contributed by atoms with Crippen molar-refractivity contribution in [2.45, 2.75) is 9.92 Å². The van der Waals surface area contributed by atoms with Gasteiger partial charge in [-0.1, -0.05) is 35.5 Å². The molecule has 0 fully saturated rings. The van der Waals surface area contributed by atoms with E-state index in [0.29, 0.717) is 20.6 Å². The van der Waals surface area contributed by atoms with Crippen LogP contribution in [0.1, 0.15) is 0 Å². The summed E-state index contributed by atoms with van der Waals surface area (Å²) in [5.41, 5.74) is 6.17. The number of hydrogen-bond donors (Lipinski definition) is 1. The third-order valence-electron chi connectivity index (χ3n) is 1.89. The minimum absolute atomic E-state index is 0.288. The van der Waals surface area contributed by atoms with Crippen LogP contribution in [0.2, 0.25) is 5.02 Å². The highest BCUT2D eigenvalue weighted by molar-refractivity contribution is 7.99. The molecule has 0 saturated carbocycles. The summed E-state index contributed by atoms with van der Waals surface area (Å²) < 4.78 is 13.4. The van der Waals surface area contributed by atoms with Gasteiger partial charge in [0.15, 0.2) is 0 Å². The lowest BCUT2D eigenvalue weighted by atomic mass is 10.3. The van der Waals surface area contributed by atoms with E-state index in [9.17, 15) is 4.39 Å². The van der Waals surface area contributed by atoms with Gasteiger partial charge in [-0.3, -0.25) is 0 Å². The van der Waals surface area contributed by atoms with Crippen LogP contribution in [-0.2, 0) is 0 Å². The van der Waals surface area contributed by atoms with Gasteiger partial charge in [0, 0.05) is 11.1 Å². The van der Waals surface area contributed by atoms with Crippen molar-refractivity contribution in [3.05, 3.63) is 47.4 Å². The van der Waals surface area contributed by atoms with E-state index in [4.69, 9.17) is 17.3 Å². The molecule has 0 spiro atoms. The molecule has 0 unspecified atom stereocenters. The Balaban J connectivity index is 2.31. The SMILES string of the molecule is Nc1cc(Cl)cnc1Sc1ccccc1F. The molecule has 1 aromatic carbocycles. The Hall–Kier alpha value is -1.26. The average Bonchev–Trinajstić information content (AvgIpc) is 2.25. The molecule has 0 aliphatic heterocycles. The van der Waals surface area contributed by atoms with Gasteiger partial charge in [0.25, 0.3) is 0 Å². The molecule has 1 heterocycles. The van der Waals surface area contributed by atoms with Crippen molar-refractivity contribution in [2.24, 2.45) is 0 Å². The van der Waals surface area contributed by atoms with Crippen LogP contribution in [0.25, 0.3) is 0 Å². The Morgan fingerprint density at radius 3 is 2.75 bits per heavy atom. The first kappa shape index (κ1) is 11.2. The molecule has 0 saturated heterocycles. The van der Waals surface area contributed by atoms with Crippen LogP contribution in [0, 0.1) is 5.82 Å². The highest BCUT2D eigenvalue weighted by Crippen LogP contribution is 2.32. The second-order valence-corrected chi connectivity index (χ2v) is 4.55. The van der Waals surface area contributed by atoms with E-state index in [2.05, 4.69) is 4.98 Å². The van der Waals surface area contributed by atoms with Crippen LogP contribution >= 0.6 is 23.4 Å². The first-order valence-electron chi connectivity index (χ1n) is 4.50. The summed E-state index contributed by atoms with van der Waals surface area (Å²) in [6.45, 7) is 0. The molecule has 82 valence electrons. The van der Waals surface area contributed by atoms with Crippen molar-refractivity contribution in [1.29, 1.82) is 0 Å². The van der Waals surface area contributed by atoms with E-state index >= 15 is 0 Å². The van der Waals surface area contributed by atoms with Gasteiger partial charge in [0.1, 0.15) is 10.8 Å². The number of halogens is 2. The van der Waals surface area contributed by atoms with Gasteiger partial charge < -0.3 is 5.73 Å². The van der Waals surface area contributed by atoms with Gasteiger partial charge in [0.2, 0.25) is 0 Å². The Kier molecular flexibility index (Phi) is 3.31. The van der Waals surface area contributed by atoms with Gasteiger partial charge in [-0.15, -0.1) is 0 Å². The van der Waals surface area contributed by atoms with Crippen molar-refractivity contribution in [3.63, 3.8) is 0 Å². The van der Waals surface area contributed by atoms with Gasteiger partial charge in [-0.2, -0.15) is 0 Å². The summed E-state index contributed by atoms with van der Waals surface area (Å²) in [7, 11) is 0. The molecular formula is C11H8ClFN2S. The molecule has 2 aromatic rings. The Morgan fingerprint density at radius 1 is 1.31 bits per heavy atom. The monoisotopic (exact) mass is 254 g/mol. The maximum Gasteiger partial charge on any atom is 0.137 e.